The monoisotopic (exact) mass is 434 g/mol. The quantitative estimate of drug-likeness (QED) is 0.104. The Labute approximate surface area is 243 Å². The summed E-state index contributed by atoms with van der Waals surface area (Å²) in [5, 5.41) is 0. The van der Waals surface area contributed by atoms with E-state index in [9.17, 15) is 14.4 Å². The van der Waals surface area contributed by atoms with Crippen LogP contribution < -0.4 is 113 Å². The summed E-state index contributed by atoms with van der Waals surface area (Å²) >= 11 is 0. The van der Waals surface area contributed by atoms with Gasteiger partial charge in [-0.3, -0.25) is 0 Å². The normalized spacial score (nSPS) is 10.8. The van der Waals surface area contributed by atoms with Crippen LogP contribution in [0.3, 0.4) is 0 Å². The molecule has 0 amide bonds. The number of benzene rings is 1. The van der Waals surface area contributed by atoms with Crippen LogP contribution in [0.5, 0.6) is 0 Å². The molecule has 0 saturated heterocycles. The molecule has 8 heteroatoms. The first-order valence-corrected chi connectivity index (χ1v) is 10.4. The van der Waals surface area contributed by atoms with Crippen molar-refractivity contribution in [1.82, 2.24) is 0 Å². The SMILES string of the molecule is O=P([O-])([O-])OOCCCCCCCCCCCCc1ccccc1.[K+].[K+]. The van der Waals surface area contributed by atoms with Gasteiger partial charge >= 0.3 is 103 Å². The second-order valence-corrected chi connectivity index (χ2v) is 7.16. The van der Waals surface area contributed by atoms with E-state index in [1.54, 1.807) is 0 Å². The van der Waals surface area contributed by atoms with Crippen LogP contribution in [0.15, 0.2) is 30.3 Å². The fourth-order valence-corrected chi connectivity index (χ4v) is 2.85. The molecular formula is C18H29K2O5P. The van der Waals surface area contributed by atoms with Crippen LogP contribution in [0.1, 0.15) is 69.8 Å². The summed E-state index contributed by atoms with van der Waals surface area (Å²) in [6, 6.07) is 10.6. The van der Waals surface area contributed by atoms with Crippen molar-refractivity contribution in [2.75, 3.05) is 6.61 Å². The molecule has 5 nitrogen and oxygen atoms in total. The van der Waals surface area contributed by atoms with E-state index in [0.29, 0.717) is 6.42 Å². The molecule has 0 radical (unpaired) electrons. The molecule has 0 aliphatic carbocycles. The molecule has 1 aromatic rings. The fraction of sp³-hybridized carbons (Fsp3) is 0.667. The second-order valence-electron chi connectivity index (χ2n) is 6.11. The van der Waals surface area contributed by atoms with Crippen molar-refractivity contribution in [2.45, 2.75) is 70.6 Å². The average molecular weight is 435 g/mol. The van der Waals surface area contributed by atoms with Crippen molar-refractivity contribution in [3.05, 3.63) is 35.9 Å². The van der Waals surface area contributed by atoms with Crippen molar-refractivity contribution in [3.63, 3.8) is 0 Å². The summed E-state index contributed by atoms with van der Waals surface area (Å²) in [5.74, 6) is 0. The van der Waals surface area contributed by atoms with Crippen LogP contribution in [0.2, 0.25) is 0 Å². The Kier molecular flexibility index (Phi) is 24.6. The summed E-state index contributed by atoms with van der Waals surface area (Å²) in [7, 11) is -4.99. The molecule has 0 fully saturated rings. The van der Waals surface area contributed by atoms with Gasteiger partial charge < -0.3 is 14.4 Å². The summed E-state index contributed by atoms with van der Waals surface area (Å²) < 4.78 is 13.8. The minimum Gasteiger partial charge on any atom is -0.788 e. The number of rotatable bonds is 15. The summed E-state index contributed by atoms with van der Waals surface area (Å²) in [6.45, 7) is 0.149. The smallest absolute Gasteiger partial charge is 0.788 e. The van der Waals surface area contributed by atoms with Crippen molar-refractivity contribution >= 4 is 7.82 Å². The van der Waals surface area contributed by atoms with Crippen LogP contribution in [0, 0.1) is 0 Å². The summed E-state index contributed by atoms with van der Waals surface area (Å²) in [5.41, 5.74) is 1.43. The standard InChI is InChI=1S/C18H31O5P.2K/c19-24(20,21)23-22-17-13-8-6-4-2-1-3-5-7-10-14-18-15-11-9-12-16-18;;/h9,11-12,15-16H,1-8,10,13-14,17H2,(H2,19,20,21);;/q;2*+1/p-2. The predicted molar refractivity (Wildman–Crippen MR) is 91.0 cm³/mol. The van der Waals surface area contributed by atoms with Crippen molar-refractivity contribution in [2.24, 2.45) is 0 Å². The molecule has 0 N–H and O–H groups in total. The van der Waals surface area contributed by atoms with Gasteiger partial charge in [-0.1, -0.05) is 81.7 Å². The first-order valence-electron chi connectivity index (χ1n) is 8.95. The van der Waals surface area contributed by atoms with E-state index in [4.69, 9.17) is 0 Å². The molecule has 0 atom stereocenters. The molecule has 0 saturated carbocycles. The number of hydrogen-bond acceptors (Lipinski definition) is 5. The minimum absolute atomic E-state index is 0. The van der Waals surface area contributed by atoms with Gasteiger partial charge in [0.05, 0.1) is 6.61 Å². The molecule has 26 heavy (non-hydrogen) atoms. The van der Waals surface area contributed by atoms with Gasteiger partial charge in [-0.15, -0.1) is 0 Å². The Hall–Kier alpha value is 2.56. The van der Waals surface area contributed by atoms with Crippen LogP contribution in [0.4, 0.5) is 0 Å². The zero-order valence-electron chi connectivity index (χ0n) is 16.4. The Balaban J connectivity index is 0. The van der Waals surface area contributed by atoms with Gasteiger partial charge in [-0.25, -0.2) is 9.56 Å². The van der Waals surface area contributed by atoms with Gasteiger partial charge in [0.2, 0.25) is 0 Å². The number of phosphoric acid groups is 1. The summed E-state index contributed by atoms with van der Waals surface area (Å²) in [6.07, 6.45) is 12.8. The molecule has 0 heterocycles. The zero-order chi connectivity index (χ0) is 17.5. The molecule has 0 bridgehead atoms. The van der Waals surface area contributed by atoms with Gasteiger partial charge in [-0.2, -0.15) is 0 Å². The maximum Gasteiger partial charge on any atom is 1.00 e. The van der Waals surface area contributed by atoms with Gasteiger partial charge in [0.15, 0.2) is 0 Å². The van der Waals surface area contributed by atoms with Gasteiger partial charge in [0.25, 0.3) is 0 Å². The van der Waals surface area contributed by atoms with Gasteiger partial charge in [0.1, 0.15) is 7.82 Å². The molecule has 0 aromatic heterocycles. The third kappa shape index (κ3) is 21.3. The number of aryl methyl sites for hydroxylation is 1. The Morgan fingerprint density at radius 1 is 0.731 bits per heavy atom. The average Bonchev–Trinajstić information content (AvgIpc) is 2.55. The maximum atomic E-state index is 10.1. The summed E-state index contributed by atoms with van der Waals surface area (Å²) in [4.78, 5) is 24.6. The van der Waals surface area contributed by atoms with E-state index < -0.39 is 7.82 Å². The first kappa shape index (κ1) is 30.8. The Morgan fingerprint density at radius 3 is 1.69 bits per heavy atom. The van der Waals surface area contributed by atoms with E-state index in [0.717, 1.165) is 12.8 Å². The van der Waals surface area contributed by atoms with Crippen LogP contribution in [-0.2, 0) is 20.5 Å². The van der Waals surface area contributed by atoms with E-state index in [2.05, 4.69) is 39.9 Å². The van der Waals surface area contributed by atoms with E-state index >= 15 is 0 Å². The van der Waals surface area contributed by atoms with Crippen LogP contribution in [-0.4, -0.2) is 6.61 Å². The fourth-order valence-electron chi connectivity index (χ4n) is 2.65. The molecule has 0 spiro atoms. The molecule has 0 unspecified atom stereocenters. The molecule has 0 aliphatic heterocycles. The van der Waals surface area contributed by atoms with E-state index in [1.165, 1.54) is 56.9 Å². The van der Waals surface area contributed by atoms with Crippen molar-refractivity contribution in [1.29, 1.82) is 0 Å². The minimum atomic E-state index is -4.99. The van der Waals surface area contributed by atoms with Crippen molar-refractivity contribution < 1.29 is 127 Å². The van der Waals surface area contributed by atoms with Crippen LogP contribution in [0.25, 0.3) is 0 Å². The second kappa shape index (κ2) is 20.8. The molecular weight excluding hydrogens is 405 g/mol. The van der Waals surface area contributed by atoms with Gasteiger partial charge in [0, 0.05) is 0 Å². The largest absolute Gasteiger partial charge is 1.00 e. The molecule has 1 aromatic carbocycles. The number of hydrogen-bond donors (Lipinski definition) is 0. The first-order chi connectivity index (χ1) is 11.6. The topological polar surface area (TPSA) is 81.7 Å². The number of unbranched alkanes of at least 4 members (excludes halogenated alkanes) is 9. The molecule has 1 rings (SSSR count). The Morgan fingerprint density at radius 2 is 1.19 bits per heavy atom. The van der Waals surface area contributed by atoms with Crippen molar-refractivity contribution in [3.8, 4) is 0 Å². The molecule has 138 valence electrons. The van der Waals surface area contributed by atoms with Gasteiger partial charge in [-0.05, 0) is 24.8 Å². The molecule has 0 aliphatic rings. The van der Waals surface area contributed by atoms with E-state index in [1.807, 2.05) is 0 Å². The Bertz CT molecular complexity index is 456. The third-order valence-electron chi connectivity index (χ3n) is 3.93. The third-order valence-corrected chi connectivity index (χ3v) is 4.22. The zero-order valence-corrected chi connectivity index (χ0v) is 23.5. The van der Waals surface area contributed by atoms with E-state index in [-0.39, 0.29) is 109 Å². The maximum absolute atomic E-state index is 10.1. The van der Waals surface area contributed by atoms with Crippen LogP contribution >= 0.6 is 7.82 Å². The predicted octanol–water partition coefficient (Wildman–Crippen LogP) is -2.08.